The van der Waals surface area contributed by atoms with Crippen molar-refractivity contribution in [1.82, 2.24) is 0 Å². The second-order valence-corrected chi connectivity index (χ2v) is 5.90. The Morgan fingerprint density at radius 3 is 2.65 bits per heavy atom. The predicted molar refractivity (Wildman–Crippen MR) is 63.5 cm³/mol. The van der Waals surface area contributed by atoms with Gasteiger partial charge in [0, 0.05) is 24.7 Å². The summed E-state index contributed by atoms with van der Waals surface area (Å²) in [6, 6.07) is 0. The highest BCUT2D eigenvalue weighted by molar-refractivity contribution is 5.88. The number of hydrogen-bond donors (Lipinski definition) is 0. The molecule has 3 fully saturated rings. The van der Waals surface area contributed by atoms with Gasteiger partial charge in [0.25, 0.3) is 0 Å². The second kappa shape index (κ2) is 3.66. The smallest absolute Gasteiger partial charge is 0.169 e. The summed E-state index contributed by atoms with van der Waals surface area (Å²) in [6.07, 6.45) is 7.28. The van der Waals surface area contributed by atoms with E-state index >= 15 is 0 Å². The summed E-state index contributed by atoms with van der Waals surface area (Å²) in [5, 5.41) is 0. The number of Topliss-reactive ketones (excluding diaryl/α,β-unsaturated/α-hetero) is 1. The first-order chi connectivity index (χ1) is 8.09. The van der Waals surface area contributed by atoms with Crippen LogP contribution < -0.4 is 0 Å². The van der Waals surface area contributed by atoms with Crippen LogP contribution in [0.2, 0.25) is 0 Å². The number of carbonyl (C=O) groups is 1. The van der Waals surface area contributed by atoms with E-state index in [2.05, 4.69) is 6.58 Å². The normalized spacial score (nSPS) is 43.9. The zero-order valence-electron chi connectivity index (χ0n) is 10.4. The maximum atomic E-state index is 12.0. The highest BCUT2D eigenvalue weighted by Gasteiger charge is 2.60. The predicted octanol–water partition coefficient (Wildman–Crippen LogP) is 2.60. The van der Waals surface area contributed by atoms with Gasteiger partial charge in [-0.3, -0.25) is 4.79 Å². The fourth-order valence-electron chi connectivity index (χ4n) is 3.42. The van der Waals surface area contributed by atoms with Gasteiger partial charge in [-0.2, -0.15) is 0 Å². The first-order valence-electron chi connectivity index (χ1n) is 6.61. The van der Waals surface area contributed by atoms with Gasteiger partial charge in [0.15, 0.2) is 11.6 Å². The minimum absolute atomic E-state index is 0.120. The molecule has 0 unspecified atom stereocenters. The van der Waals surface area contributed by atoms with Crippen molar-refractivity contribution in [3.05, 3.63) is 12.7 Å². The Morgan fingerprint density at radius 2 is 2.00 bits per heavy atom. The lowest BCUT2D eigenvalue weighted by Gasteiger charge is -2.34. The SMILES string of the molecule is C=C[C@@]1(C)CC(=O)[C@@H]2OC3(CCCCC3)O[C@@H]21. The number of rotatable bonds is 1. The van der Waals surface area contributed by atoms with E-state index in [1.54, 1.807) is 0 Å². The molecule has 2 saturated carbocycles. The minimum Gasteiger partial charge on any atom is -0.343 e. The molecule has 3 nitrogen and oxygen atoms in total. The molecule has 0 aromatic rings. The standard InChI is InChI=1S/C14H20O3/c1-3-13(2)9-10(15)11-12(13)17-14(16-11)7-5-4-6-8-14/h3,11-12H,1,4-9H2,2H3/t11-,12-,13-/m0/s1. The Kier molecular flexibility index (Phi) is 2.46. The van der Waals surface area contributed by atoms with Crippen molar-refractivity contribution in [3.63, 3.8) is 0 Å². The van der Waals surface area contributed by atoms with E-state index < -0.39 is 5.79 Å². The van der Waals surface area contributed by atoms with Gasteiger partial charge in [0.05, 0.1) is 0 Å². The summed E-state index contributed by atoms with van der Waals surface area (Å²) in [5.74, 6) is -0.284. The number of hydrogen-bond acceptors (Lipinski definition) is 3. The van der Waals surface area contributed by atoms with Crippen molar-refractivity contribution in [2.75, 3.05) is 0 Å². The van der Waals surface area contributed by atoms with Gasteiger partial charge in [0.2, 0.25) is 0 Å². The zero-order valence-corrected chi connectivity index (χ0v) is 10.4. The van der Waals surface area contributed by atoms with Crippen molar-refractivity contribution < 1.29 is 14.3 Å². The highest BCUT2D eigenvalue weighted by Crippen LogP contribution is 2.51. The molecule has 17 heavy (non-hydrogen) atoms. The molecule has 94 valence electrons. The Bertz CT molecular complexity index is 356. The van der Waals surface area contributed by atoms with E-state index in [-0.39, 0.29) is 23.4 Å². The van der Waals surface area contributed by atoms with Crippen molar-refractivity contribution in [2.45, 2.75) is 63.4 Å². The first kappa shape index (κ1) is 11.4. The summed E-state index contributed by atoms with van der Waals surface area (Å²) < 4.78 is 12.2. The molecule has 0 amide bonds. The van der Waals surface area contributed by atoms with Crippen LogP contribution in [0.15, 0.2) is 12.7 Å². The molecular formula is C14H20O3. The van der Waals surface area contributed by atoms with Crippen molar-refractivity contribution in [2.24, 2.45) is 5.41 Å². The lowest BCUT2D eigenvalue weighted by molar-refractivity contribution is -0.204. The van der Waals surface area contributed by atoms with Crippen LogP contribution >= 0.6 is 0 Å². The van der Waals surface area contributed by atoms with Crippen LogP contribution in [0.25, 0.3) is 0 Å². The van der Waals surface area contributed by atoms with Crippen LogP contribution in [0.5, 0.6) is 0 Å². The van der Waals surface area contributed by atoms with Crippen LogP contribution in [0.3, 0.4) is 0 Å². The second-order valence-electron chi connectivity index (χ2n) is 5.90. The van der Waals surface area contributed by atoms with Gasteiger partial charge >= 0.3 is 0 Å². The topological polar surface area (TPSA) is 35.5 Å². The maximum Gasteiger partial charge on any atom is 0.169 e. The molecule has 3 rings (SSSR count). The molecule has 1 heterocycles. The maximum absolute atomic E-state index is 12.0. The van der Waals surface area contributed by atoms with Crippen LogP contribution in [0.4, 0.5) is 0 Å². The molecule has 3 atom stereocenters. The lowest BCUT2D eigenvalue weighted by atomic mass is 9.86. The highest BCUT2D eigenvalue weighted by atomic mass is 16.8. The monoisotopic (exact) mass is 236 g/mol. The van der Waals surface area contributed by atoms with Gasteiger partial charge in [0.1, 0.15) is 12.2 Å². The van der Waals surface area contributed by atoms with Crippen LogP contribution in [-0.4, -0.2) is 23.8 Å². The molecule has 3 aliphatic rings. The van der Waals surface area contributed by atoms with Gasteiger partial charge < -0.3 is 9.47 Å². The van der Waals surface area contributed by atoms with Crippen molar-refractivity contribution in [3.8, 4) is 0 Å². The van der Waals surface area contributed by atoms with E-state index in [4.69, 9.17) is 9.47 Å². The van der Waals surface area contributed by atoms with Crippen LogP contribution in [-0.2, 0) is 14.3 Å². The third kappa shape index (κ3) is 1.59. The van der Waals surface area contributed by atoms with E-state index in [1.165, 1.54) is 6.42 Å². The number of ether oxygens (including phenoxy) is 2. The van der Waals surface area contributed by atoms with Gasteiger partial charge in [-0.05, 0) is 12.8 Å². The third-order valence-electron chi connectivity index (χ3n) is 4.56. The van der Waals surface area contributed by atoms with Gasteiger partial charge in [-0.25, -0.2) is 0 Å². The molecule has 2 aliphatic carbocycles. The van der Waals surface area contributed by atoms with E-state index in [0.29, 0.717) is 6.42 Å². The fraction of sp³-hybridized carbons (Fsp3) is 0.786. The lowest BCUT2D eigenvalue weighted by Crippen LogP contribution is -2.36. The van der Waals surface area contributed by atoms with Gasteiger partial charge in [-0.15, -0.1) is 6.58 Å². The van der Waals surface area contributed by atoms with Crippen LogP contribution in [0.1, 0.15) is 45.4 Å². The first-order valence-corrected chi connectivity index (χ1v) is 6.61. The molecule has 0 bridgehead atoms. The molecule has 1 spiro atoms. The quantitative estimate of drug-likeness (QED) is 0.656. The summed E-state index contributed by atoms with van der Waals surface area (Å²) in [4.78, 5) is 12.0. The minimum atomic E-state index is -0.464. The third-order valence-corrected chi connectivity index (χ3v) is 4.56. The molecule has 1 saturated heterocycles. The van der Waals surface area contributed by atoms with Crippen LogP contribution in [0, 0.1) is 5.41 Å². The molecule has 0 aromatic carbocycles. The van der Waals surface area contributed by atoms with E-state index in [9.17, 15) is 4.79 Å². The molecule has 0 radical (unpaired) electrons. The molecule has 3 heteroatoms. The fourth-order valence-corrected chi connectivity index (χ4v) is 3.42. The molecule has 0 N–H and O–H groups in total. The zero-order chi connectivity index (χ0) is 12.1. The number of ketones is 1. The molecule has 1 aliphatic heterocycles. The van der Waals surface area contributed by atoms with Crippen molar-refractivity contribution in [1.29, 1.82) is 0 Å². The molecule has 0 aromatic heterocycles. The Morgan fingerprint density at radius 1 is 1.29 bits per heavy atom. The molecular weight excluding hydrogens is 216 g/mol. The number of fused-ring (bicyclic) bond motifs is 1. The van der Waals surface area contributed by atoms with E-state index in [1.807, 2.05) is 13.0 Å². The number of carbonyl (C=O) groups excluding carboxylic acids is 1. The average Bonchev–Trinajstić information content (AvgIpc) is 2.79. The Hall–Kier alpha value is -0.670. The van der Waals surface area contributed by atoms with E-state index in [0.717, 1.165) is 25.7 Å². The van der Waals surface area contributed by atoms with Crippen molar-refractivity contribution >= 4 is 5.78 Å². The average molecular weight is 236 g/mol. The summed E-state index contributed by atoms with van der Waals surface area (Å²) >= 11 is 0. The summed E-state index contributed by atoms with van der Waals surface area (Å²) in [6.45, 7) is 5.90. The summed E-state index contributed by atoms with van der Waals surface area (Å²) in [5.41, 5.74) is -0.247. The Balaban J connectivity index is 1.86. The van der Waals surface area contributed by atoms with Gasteiger partial charge in [-0.1, -0.05) is 19.4 Å². The Labute approximate surface area is 102 Å². The summed E-state index contributed by atoms with van der Waals surface area (Å²) in [7, 11) is 0. The largest absolute Gasteiger partial charge is 0.343 e.